The first kappa shape index (κ1) is 21.1. The van der Waals surface area contributed by atoms with E-state index in [1.54, 1.807) is 0 Å². The van der Waals surface area contributed by atoms with Gasteiger partial charge >= 0.3 is 0 Å². The first-order chi connectivity index (χ1) is 15.0. The number of carbonyl (C=O) groups excluding carboxylic acids is 2. The van der Waals surface area contributed by atoms with Gasteiger partial charge in [0.05, 0.1) is 11.3 Å². The van der Waals surface area contributed by atoms with Gasteiger partial charge in [-0.25, -0.2) is 0 Å². The number of methoxy groups -OCH3 is 1. The Labute approximate surface area is 181 Å². The summed E-state index contributed by atoms with van der Waals surface area (Å²) in [6.07, 6.45) is 1.54. The Morgan fingerprint density at radius 1 is 1.16 bits per heavy atom. The molecule has 8 heteroatoms. The molecule has 1 aromatic carbocycles. The van der Waals surface area contributed by atoms with Gasteiger partial charge in [-0.1, -0.05) is 6.07 Å². The monoisotopic (exact) mass is 425 g/mol. The number of hydrogen-bond donors (Lipinski definition) is 1. The molecule has 0 aliphatic carbocycles. The highest BCUT2D eigenvalue weighted by Crippen LogP contribution is 2.33. The predicted octanol–water partition coefficient (Wildman–Crippen LogP) is 2.40. The zero-order chi connectivity index (χ0) is 21.8. The molecule has 31 heavy (non-hydrogen) atoms. The third-order valence-corrected chi connectivity index (χ3v) is 5.70. The van der Waals surface area contributed by atoms with Crippen molar-refractivity contribution < 1.29 is 23.8 Å². The maximum atomic E-state index is 13.0. The number of aromatic nitrogens is 1. The van der Waals surface area contributed by atoms with E-state index < -0.39 is 0 Å². The molecular formula is C23H27N3O5. The third kappa shape index (κ3) is 4.80. The van der Waals surface area contributed by atoms with Crippen molar-refractivity contribution in [1.29, 1.82) is 0 Å². The third-order valence-electron chi connectivity index (χ3n) is 5.70. The molecule has 3 heterocycles. The van der Waals surface area contributed by atoms with E-state index in [4.69, 9.17) is 19.2 Å². The van der Waals surface area contributed by atoms with Crippen LogP contribution in [0.25, 0.3) is 0 Å². The Kier molecular flexibility index (Phi) is 6.36. The van der Waals surface area contributed by atoms with Gasteiger partial charge in [-0.15, -0.1) is 0 Å². The molecule has 1 N–H and O–H groups in total. The van der Waals surface area contributed by atoms with Gasteiger partial charge in [0, 0.05) is 38.4 Å². The van der Waals surface area contributed by atoms with Crippen LogP contribution in [0.15, 0.2) is 30.3 Å². The lowest BCUT2D eigenvalue weighted by Gasteiger charge is -2.32. The van der Waals surface area contributed by atoms with Crippen LogP contribution in [0.3, 0.4) is 0 Å². The minimum atomic E-state index is -0.155. The number of nitrogens with one attached hydrogen (secondary N) is 1. The average molecular weight is 425 g/mol. The van der Waals surface area contributed by atoms with Crippen LogP contribution in [-0.4, -0.2) is 55.3 Å². The zero-order valence-electron chi connectivity index (χ0n) is 17.8. The summed E-state index contributed by atoms with van der Waals surface area (Å²) >= 11 is 0. The number of hydrogen-bond acceptors (Lipinski definition) is 6. The van der Waals surface area contributed by atoms with Crippen LogP contribution in [0.1, 0.15) is 46.1 Å². The number of rotatable bonds is 6. The first-order valence-corrected chi connectivity index (χ1v) is 10.5. The molecule has 0 atom stereocenters. The van der Waals surface area contributed by atoms with Gasteiger partial charge in [0.15, 0.2) is 11.5 Å². The van der Waals surface area contributed by atoms with Crippen LogP contribution >= 0.6 is 0 Å². The summed E-state index contributed by atoms with van der Waals surface area (Å²) in [5.74, 6) is 1.39. The second-order valence-electron chi connectivity index (χ2n) is 7.84. The Hall–Kier alpha value is -3.13. The lowest BCUT2D eigenvalue weighted by molar-refractivity contribution is -0.136. The van der Waals surface area contributed by atoms with E-state index in [0.29, 0.717) is 30.9 Å². The van der Waals surface area contributed by atoms with Gasteiger partial charge in [-0.2, -0.15) is 0 Å². The number of pyridine rings is 1. The van der Waals surface area contributed by atoms with E-state index in [9.17, 15) is 9.59 Å². The molecule has 2 aliphatic heterocycles. The highest BCUT2D eigenvalue weighted by atomic mass is 16.7. The number of aryl methyl sites for hydroxylation is 1. The van der Waals surface area contributed by atoms with Gasteiger partial charge in [-0.3, -0.25) is 14.6 Å². The van der Waals surface area contributed by atoms with E-state index in [1.165, 1.54) is 7.11 Å². The summed E-state index contributed by atoms with van der Waals surface area (Å²) in [6, 6.07) is 9.34. The molecule has 4 rings (SSSR count). The molecule has 0 spiro atoms. The maximum Gasteiger partial charge on any atom is 0.253 e. The molecule has 8 nitrogen and oxygen atoms in total. The molecule has 0 unspecified atom stereocenters. The minimum absolute atomic E-state index is 0.000145. The van der Waals surface area contributed by atoms with Crippen molar-refractivity contribution in [2.45, 2.75) is 32.2 Å². The molecular weight excluding hydrogens is 398 g/mol. The molecule has 2 aliphatic rings. The molecule has 0 bridgehead atoms. The number of carbonyl (C=O) groups is 2. The molecule has 0 saturated carbocycles. The molecule has 2 amide bonds. The number of likely N-dealkylation sites (tertiary alicyclic amines) is 1. The van der Waals surface area contributed by atoms with Crippen LogP contribution in [0.5, 0.6) is 11.5 Å². The van der Waals surface area contributed by atoms with Crippen molar-refractivity contribution in [2.24, 2.45) is 0 Å². The van der Waals surface area contributed by atoms with Crippen LogP contribution in [0.2, 0.25) is 0 Å². The van der Waals surface area contributed by atoms with Crippen molar-refractivity contribution >= 4 is 11.8 Å². The van der Waals surface area contributed by atoms with Crippen LogP contribution < -0.4 is 14.8 Å². The SMILES string of the molecule is COCC(=O)N1CCC(c2nc(C)ccc2C(=O)NCc2ccc3c(c2)OCO3)CC1. The van der Waals surface area contributed by atoms with E-state index >= 15 is 0 Å². The fourth-order valence-electron chi connectivity index (χ4n) is 4.03. The zero-order valence-corrected chi connectivity index (χ0v) is 17.8. The average Bonchev–Trinajstić information content (AvgIpc) is 3.25. The van der Waals surface area contributed by atoms with Crippen LogP contribution in [0, 0.1) is 6.92 Å². The van der Waals surface area contributed by atoms with Crippen molar-refractivity contribution in [3.63, 3.8) is 0 Å². The van der Waals surface area contributed by atoms with E-state index in [1.807, 2.05) is 42.2 Å². The van der Waals surface area contributed by atoms with Crippen LogP contribution in [-0.2, 0) is 16.1 Å². The van der Waals surface area contributed by atoms with E-state index in [-0.39, 0.29) is 31.1 Å². The lowest BCUT2D eigenvalue weighted by Crippen LogP contribution is -2.40. The van der Waals surface area contributed by atoms with E-state index in [2.05, 4.69) is 5.32 Å². The van der Waals surface area contributed by atoms with Crippen molar-refractivity contribution in [3.05, 3.63) is 52.8 Å². The molecule has 0 radical (unpaired) electrons. The number of ether oxygens (including phenoxy) is 3. The van der Waals surface area contributed by atoms with Crippen molar-refractivity contribution in [1.82, 2.24) is 15.2 Å². The second-order valence-corrected chi connectivity index (χ2v) is 7.84. The Balaban J connectivity index is 1.43. The lowest BCUT2D eigenvalue weighted by atomic mass is 9.89. The number of fused-ring (bicyclic) bond motifs is 1. The smallest absolute Gasteiger partial charge is 0.253 e. The molecule has 1 fully saturated rings. The minimum Gasteiger partial charge on any atom is -0.454 e. The highest BCUT2D eigenvalue weighted by Gasteiger charge is 2.28. The number of amides is 2. The molecule has 1 saturated heterocycles. The van der Waals surface area contributed by atoms with Gasteiger partial charge in [-0.05, 0) is 49.6 Å². The number of benzene rings is 1. The predicted molar refractivity (Wildman–Crippen MR) is 113 cm³/mol. The summed E-state index contributed by atoms with van der Waals surface area (Å²) in [7, 11) is 1.52. The standard InChI is InChI=1S/C23H27N3O5/c1-15-3-5-18(22(25-15)17-7-9-26(10-8-17)21(27)13-29-2)23(28)24-12-16-4-6-19-20(11-16)31-14-30-19/h3-6,11,17H,7-10,12-14H2,1-2H3,(H,24,28). The van der Waals surface area contributed by atoms with Crippen molar-refractivity contribution in [2.75, 3.05) is 33.6 Å². The fourth-order valence-corrected chi connectivity index (χ4v) is 4.03. The summed E-state index contributed by atoms with van der Waals surface area (Å²) < 4.78 is 15.7. The number of piperidine rings is 1. The van der Waals surface area contributed by atoms with Gasteiger partial charge in [0.1, 0.15) is 6.61 Å². The van der Waals surface area contributed by atoms with Gasteiger partial charge in [0.2, 0.25) is 12.7 Å². The second kappa shape index (κ2) is 9.34. The summed E-state index contributed by atoms with van der Waals surface area (Å²) in [5, 5.41) is 2.99. The highest BCUT2D eigenvalue weighted by molar-refractivity contribution is 5.95. The Morgan fingerprint density at radius 3 is 2.71 bits per heavy atom. The topological polar surface area (TPSA) is 90.0 Å². The summed E-state index contributed by atoms with van der Waals surface area (Å²) in [5.41, 5.74) is 3.21. The Bertz CT molecular complexity index is 970. The normalized spacial score (nSPS) is 15.7. The fraction of sp³-hybridized carbons (Fsp3) is 0.435. The van der Waals surface area contributed by atoms with Gasteiger partial charge in [0.25, 0.3) is 5.91 Å². The number of nitrogens with zero attached hydrogens (tertiary/aromatic N) is 2. The van der Waals surface area contributed by atoms with Crippen molar-refractivity contribution in [3.8, 4) is 11.5 Å². The first-order valence-electron chi connectivity index (χ1n) is 10.5. The summed E-state index contributed by atoms with van der Waals surface area (Å²) in [6.45, 7) is 3.91. The molecule has 164 valence electrons. The van der Waals surface area contributed by atoms with Gasteiger partial charge < -0.3 is 24.4 Å². The largest absolute Gasteiger partial charge is 0.454 e. The summed E-state index contributed by atoms with van der Waals surface area (Å²) in [4.78, 5) is 31.6. The quantitative estimate of drug-likeness (QED) is 0.765. The van der Waals surface area contributed by atoms with E-state index in [0.717, 1.165) is 35.5 Å². The van der Waals surface area contributed by atoms with Crippen LogP contribution in [0.4, 0.5) is 0 Å². The molecule has 1 aromatic heterocycles. The Morgan fingerprint density at radius 2 is 1.94 bits per heavy atom. The molecule has 2 aromatic rings. The maximum absolute atomic E-state index is 13.0.